The number of carbonyl (C=O) groups excluding carboxylic acids is 1. The fraction of sp³-hybridized carbons (Fsp3) is 0.292. The van der Waals surface area contributed by atoms with E-state index in [1.165, 1.54) is 24.5 Å². The minimum absolute atomic E-state index is 0.00200. The van der Waals surface area contributed by atoms with E-state index in [4.69, 9.17) is 21.1 Å². The largest absolute Gasteiger partial charge is 0.493 e. The number of hydrogen-bond donors (Lipinski definition) is 1. The van der Waals surface area contributed by atoms with Crippen LogP contribution in [0.2, 0.25) is 5.02 Å². The molecule has 3 aliphatic rings. The van der Waals surface area contributed by atoms with Crippen molar-refractivity contribution < 1.29 is 18.7 Å². The second-order valence-electron chi connectivity index (χ2n) is 8.28. The number of piperidine rings is 2. The van der Waals surface area contributed by atoms with E-state index >= 15 is 0 Å². The van der Waals surface area contributed by atoms with Crippen LogP contribution in [0.1, 0.15) is 6.42 Å². The molecule has 6 rings (SSSR count). The fourth-order valence-electron chi connectivity index (χ4n) is 4.62. The maximum Gasteiger partial charge on any atom is 0.245 e. The van der Waals surface area contributed by atoms with Crippen LogP contribution >= 0.6 is 11.6 Å². The lowest BCUT2D eigenvalue weighted by atomic mass is 9.68. The summed E-state index contributed by atoms with van der Waals surface area (Å²) in [6, 6.07) is 8.03. The van der Waals surface area contributed by atoms with Gasteiger partial charge in [0.25, 0.3) is 0 Å². The number of carbonyl (C=O) groups is 1. The third-order valence-electron chi connectivity index (χ3n) is 6.30. The van der Waals surface area contributed by atoms with Crippen molar-refractivity contribution >= 4 is 39.9 Å². The van der Waals surface area contributed by atoms with Crippen LogP contribution in [0.25, 0.3) is 10.9 Å². The van der Waals surface area contributed by atoms with E-state index in [1.54, 1.807) is 19.2 Å². The number of hydrogen-bond acceptors (Lipinski definition) is 6. The van der Waals surface area contributed by atoms with Crippen molar-refractivity contribution in [3.05, 3.63) is 60.2 Å². The number of ether oxygens (including phenoxy) is 2. The highest BCUT2D eigenvalue weighted by atomic mass is 35.5. The molecular weight excluding hydrogens is 447 g/mol. The Bertz CT molecular complexity index is 1240. The molecule has 3 aromatic rings. The molecule has 0 radical (unpaired) electrons. The van der Waals surface area contributed by atoms with Crippen LogP contribution < -0.4 is 14.8 Å². The van der Waals surface area contributed by atoms with Gasteiger partial charge < -0.3 is 19.7 Å². The Labute approximate surface area is 195 Å². The molecular formula is C24H22ClFN4O3. The van der Waals surface area contributed by atoms with E-state index in [0.29, 0.717) is 41.6 Å². The highest BCUT2D eigenvalue weighted by Crippen LogP contribution is 2.45. The molecule has 170 valence electrons. The van der Waals surface area contributed by atoms with E-state index in [0.717, 1.165) is 11.8 Å². The summed E-state index contributed by atoms with van der Waals surface area (Å²) < 4.78 is 25.5. The van der Waals surface area contributed by atoms with Gasteiger partial charge in [-0.2, -0.15) is 0 Å². The SMILES string of the molecule is C=CC(=O)N1CC2CC(C1)C2Oc1cc2c(Nc3ccc(F)c(Cl)c3)ncnc2cc1OC. The number of amides is 1. The first-order valence-electron chi connectivity index (χ1n) is 10.6. The van der Waals surface area contributed by atoms with Crippen molar-refractivity contribution in [2.24, 2.45) is 11.8 Å². The molecule has 1 N–H and O–H groups in total. The lowest BCUT2D eigenvalue weighted by molar-refractivity contribution is -0.142. The van der Waals surface area contributed by atoms with Crippen molar-refractivity contribution in [2.75, 3.05) is 25.5 Å². The van der Waals surface area contributed by atoms with Crippen LogP contribution in [-0.4, -0.2) is 47.1 Å². The highest BCUT2D eigenvalue weighted by Gasteiger charge is 2.49. The quantitative estimate of drug-likeness (QED) is 0.533. The van der Waals surface area contributed by atoms with Crippen LogP contribution in [0.15, 0.2) is 49.3 Å². The van der Waals surface area contributed by atoms with Gasteiger partial charge in [-0.3, -0.25) is 4.79 Å². The van der Waals surface area contributed by atoms with E-state index in [-0.39, 0.29) is 28.9 Å². The number of aromatic nitrogens is 2. The zero-order chi connectivity index (χ0) is 23.1. The Morgan fingerprint density at radius 3 is 2.73 bits per heavy atom. The monoisotopic (exact) mass is 468 g/mol. The number of nitrogens with zero attached hydrogens (tertiary/aromatic N) is 3. The number of methoxy groups -OCH3 is 1. The molecule has 2 saturated heterocycles. The van der Waals surface area contributed by atoms with Crippen molar-refractivity contribution in [3.8, 4) is 11.5 Å². The summed E-state index contributed by atoms with van der Waals surface area (Å²) in [5.41, 5.74) is 1.27. The van der Waals surface area contributed by atoms with Crippen molar-refractivity contribution in [3.63, 3.8) is 0 Å². The number of nitrogens with one attached hydrogen (secondary N) is 1. The van der Waals surface area contributed by atoms with E-state index in [9.17, 15) is 9.18 Å². The molecule has 7 nitrogen and oxygen atoms in total. The molecule has 2 bridgehead atoms. The molecule has 1 amide bonds. The summed E-state index contributed by atoms with van der Waals surface area (Å²) in [5, 5.41) is 3.92. The standard InChI is InChI=1S/C24H22ClFN4O3/c1-3-22(31)30-10-13-6-14(11-30)23(13)33-21-8-16-19(9-20(21)32-2)27-12-28-24(16)29-15-4-5-18(26)17(25)7-15/h3-5,7-9,12-14,23H,1,6,10-11H2,2H3,(H,27,28,29). The van der Waals surface area contributed by atoms with Crippen LogP contribution in [0.3, 0.4) is 0 Å². The first-order chi connectivity index (χ1) is 16.0. The molecule has 0 spiro atoms. The van der Waals surface area contributed by atoms with Crippen LogP contribution in [0, 0.1) is 17.7 Å². The normalized spacial score (nSPS) is 21.3. The molecule has 2 aliphatic heterocycles. The number of halogens is 2. The van der Waals surface area contributed by atoms with E-state index in [1.807, 2.05) is 11.0 Å². The lowest BCUT2D eigenvalue weighted by Gasteiger charge is -2.52. The minimum atomic E-state index is -0.491. The summed E-state index contributed by atoms with van der Waals surface area (Å²) in [7, 11) is 1.58. The maximum absolute atomic E-state index is 13.5. The second-order valence-corrected chi connectivity index (χ2v) is 8.69. The Morgan fingerprint density at radius 1 is 1.24 bits per heavy atom. The van der Waals surface area contributed by atoms with Gasteiger partial charge in [0.2, 0.25) is 5.91 Å². The van der Waals surface area contributed by atoms with E-state index < -0.39 is 5.82 Å². The first kappa shape index (κ1) is 21.5. The fourth-order valence-corrected chi connectivity index (χ4v) is 4.80. The summed E-state index contributed by atoms with van der Waals surface area (Å²) in [5.74, 6) is 1.68. The lowest BCUT2D eigenvalue weighted by Crippen LogP contribution is -2.61. The summed E-state index contributed by atoms with van der Waals surface area (Å²) in [6.07, 6.45) is 3.83. The summed E-state index contributed by atoms with van der Waals surface area (Å²) in [6.45, 7) is 4.89. The highest BCUT2D eigenvalue weighted by molar-refractivity contribution is 6.31. The third kappa shape index (κ3) is 3.95. The smallest absolute Gasteiger partial charge is 0.245 e. The zero-order valence-corrected chi connectivity index (χ0v) is 18.7. The number of rotatable bonds is 6. The average Bonchev–Trinajstić information content (AvgIpc) is 2.84. The van der Waals surface area contributed by atoms with Crippen LogP contribution in [-0.2, 0) is 4.79 Å². The average molecular weight is 469 g/mol. The summed E-state index contributed by atoms with van der Waals surface area (Å²) >= 11 is 5.91. The van der Waals surface area contributed by atoms with Crippen LogP contribution in [0.5, 0.6) is 11.5 Å². The predicted octanol–water partition coefficient (Wildman–Crippen LogP) is 4.59. The molecule has 2 aromatic carbocycles. The Hall–Kier alpha value is -3.39. The van der Waals surface area contributed by atoms with Gasteiger partial charge in [0.1, 0.15) is 24.1 Å². The maximum atomic E-state index is 13.5. The zero-order valence-electron chi connectivity index (χ0n) is 17.9. The van der Waals surface area contributed by atoms with Gasteiger partial charge in [-0.15, -0.1) is 0 Å². The van der Waals surface area contributed by atoms with Crippen LogP contribution in [0.4, 0.5) is 15.9 Å². The Morgan fingerprint density at radius 2 is 2.03 bits per heavy atom. The molecule has 1 aromatic heterocycles. The van der Waals surface area contributed by atoms with Gasteiger partial charge in [0.15, 0.2) is 11.5 Å². The Balaban J connectivity index is 1.43. The number of fused-ring (bicyclic) bond motifs is 3. The second kappa shape index (κ2) is 8.51. The minimum Gasteiger partial charge on any atom is -0.493 e. The van der Waals surface area contributed by atoms with Gasteiger partial charge in [-0.05, 0) is 36.8 Å². The first-order valence-corrected chi connectivity index (χ1v) is 11.0. The van der Waals surface area contributed by atoms with Crippen molar-refractivity contribution in [1.82, 2.24) is 14.9 Å². The van der Waals surface area contributed by atoms with Gasteiger partial charge >= 0.3 is 0 Å². The molecule has 2 unspecified atom stereocenters. The molecule has 3 heterocycles. The van der Waals surface area contributed by atoms with E-state index in [2.05, 4.69) is 21.9 Å². The molecule has 1 saturated carbocycles. The Kier molecular flexibility index (Phi) is 5.54. The molecule has 1 aliphatic carbocycles. The molecule has 9 heteroatoms. The topological polar surface area (TPSA) is 76.6 Å². The number of anilines is 2. The third-order valence-corrected chi connectivity index (χ3v) is 6.59. The van der Waals surface area contributed by atoms with Gasteiger partial charge in [0, 0.05) is 42.1 Å². The number of benzene rings is 2. The van der Waals surface area contributed by atoms with Crippen molar-refractivity contribution in [2.45, 2.75) is 12.5 Å². The van der Waals surface area contributed by atoms with Gasteiger partial charge in [-0.25, -0.2) is 14.4 Å². The van der Waals surface area contributed by atoms with Gasteiger partial charge in [0.05, 0.1) is 17.6 Å². The predicted molar refractivity (Wildman–Crippen MR) is 124 cm³/mol. The molecule has 2 atom stereocenters. The summed E-state index contributed by atoms with van der Waals surface area (Å²) in [4.78, 5) is 22.5. The van der Waals surface area contributed by atoms with Gasteiger partial charge in [-0.1, -0.05) is 18.2 Å². The van der Waals surface area contributed by atoms with Crippen molar-refractivity contribution in [1.29, 1.82) is 0 Å². The molecule has 3 fully saturated rings. The molecule has 33 heavy (non-hydrogen) atoms.